The molecule has 0 saturated carbocycles. The number of allylic oxidation sites excluding steroid dienone is 1. The van der Waals surface area contributed by atoms with Gasteiger partial charge in [0.1, 0.15) is 0 Å². The molecule has 1 aliphatic carbocycles. The smallest absolute Gasteiger partial charge is 0.0101 e. The predicted octanol–water partition coefficient (Wildman–Crippen LogP) is 6.44. The first-order valence-corrected chi connectivity index (χ1v) is 8.51. The molecule has 0 aliphatic heterocycles. The molecular weight excluding hydrogens is 264 g/mol. The van der Waals surface area contributed by atoms with E-state index < -0.39 is 0 Å². The van der Waals surface area contributed by atoms with E-state index in [1.54, 1.807) is 0 Å². The Hall–Kier alpha value is -1.82. The van der Waals surface area contributed by atoms with Crippen LogP contribution in [0.5, 0.6) is 0 Å². The fraction of sp³-hybridized carbons (Fsp3) is 0.364. The van der Waals surface area contributed by atoms with E-state index in [0.717, 1.165) is 0 Å². The number of benzene rings is 2. The van der Waals surface area contributed by atoms with Crippen LogP contribution in [0.4, 0.5) is 0 Å². The highest BCUT2D eigenvalue weighted by Crippen LogP contribution is 2.45. The molecule has 1 unspecified atom stereocenters. The highest BCUT2D eigenvalue weighted by atomic mass is 14.3. The lowest BCUT2D eigenvalue weighted by Gasteiger charge is -2.20. The standard InChI is InChI=1S/C22H26/c1-5-6-10-21-20-11-8-7-9-18(20)14-22(21)19-13-12-15(2)16(3)17(19)4/h7-9,11-14,21H,5-6,10H2,1-4H3. The van der Waals surface area contributed by atoms with Gasteiger partial charge in [0.05, 0.1) is 0 Å². The quantitative estimate of drug-likeness (QED) is 0.607. The molecule has 0 heteroatoms. The van der Waals surface area contributed by atoms with Crippen LogP contribution in [-0.4, -0.2) is 0 Å². The van der Waals surface area contributed by atoms with E-state index in [-0.39, 0.29) is 0 Å². The number of unbranched alkanes of at least 4 members (excludes halogenated alkanes) is 1. The minimum Gasteiger partial charge on any atom is -0.0654 e. The third-order valence-electron chi connectivity index (χ3n) is 5.27. The van der Waals surface area contributed by atoms with Gasteiger partial charge in [-0.2, -0.15) is 0 Å². The van der Waals surface area contributed by atoms with Gasteiger partial charge >= 0.3 is 0 Å². The van der Waals surface area contributed by atoms with Gasteiger partial charge < -0.3 is 0 Å². The lowest BCUT2D eigenvalue weighted by molar-refractivity contribution is 0.678. The molecule has 0 amide bonds. The Morgan fingerprint density at radius 1 is 0.909 bits per heavy atom. The number of hydrogen-bond acceptors (Lipinski definition) is 0. The molecule has 0 spiro atoms. The van der Waals surface area contributed by atoms with Crippen molar-refractivity contribution in [3.05, 3.63) is 69.8 Å². The molecule has 22 heavy (non-hydrogen) atoms. The van der Waals surface area contributed by atoms with Crippen molar-refractivity contribution in [3.63, 3.8) is 0 Å². The predicted molar refractivity (Wildman–Crippen MR) is 97.2 cm³/mol. The monoisotopic (exact) mass is 290 g/mol. The molecular formula is C22H26. The Kier molecular flexibility index (Phi) is 4.20. The molecule has 2 aromatic rings. The Morgan fingerprint density at radius 3 is 2.45 bits per heavy atom. The first-order chi connectivity index (χ1) is 10.6. The van der Waals surface area contributed by atoms with Gasteiger partial charge in [0.15, 0.2) is 0 Å². The Bertz CT molecular complexity index is 719. The molecule has 3 rings (SSSR count). The second-order valence-corrected chi connectivity index (χ2v) is 6.60. The molecule has 2 aromatic carbocycles. The Labute approximate surface area is 134 Å². The maximum absolute atomic E-state index is 2.42. The van der Waals surface area contributed by atoms with Crippen molar-refractivity contribution in [2.45, 2.75) is 52.9 Å². The number of rotatable bonds is 4. The van der Waals surface area contributed by atoms with Crippen LogP contribution in [0.1, 0.15) is 65.5 Å². The largest absolute Gasteiger partial charge is 0.0654 e. The summed E-state index contributed by atoms with van der Waals surface area (Å²) in [6, 6.07) is 13.5. The van der Waals surface area contributed by atoms with Crippen LogP contribution in [0.25, 0.3) is 11.6 Å². The maximum Gasteiger partial charge on any atom is 0.0101 e. The van der Waals surface area contributed by atoms with Crippen molar-refractivity contribution in [1.29, 1.82) is 0 Å². The van der Waals surface area contributed by atoms with Crippen molar-refractivity contribution in [3.8, 4) is 0 Å². The summed E-state index contributed by atoms with van der Waals surface area (Å²) >= 11 is 0. The SMILES string of the molecule is CCCCC1C(c2ccc(C)c(C)c2C)=Cc2ccccc21. The minimum atomic E-state index is 0.567. The van der Waals surface area contributed by atoms with E-state index in [1.165, 1.54) is 58.2 Å². The normalized spacial score (nSPS) is 16.5. The summed E-state index contributed by atoms with van der Waals surface area (Å²) in [6.07, 6.45) is 6.23. The second kappa shape index (κ2) is 6.12. The van der Waals surface area contributed by atoms with Crippen molar-refractivity contribution in [1.82, 2.24) is 0 Å². The van der Waals surface area contributed by atoms with Gasteiger partial charge in [0.25, 0.3) is 0 Å². The summed E-state index contributed by atoms with van der Waals surface area (Å²) in [4.78, 5) is 0. The first-order valence-electron chi connectivity index (χ1n) is 8.51. The molecule has 0 N–H and O–H groups in total. The molecule has 114 valence electrons. The molecule has 1 aliphatic rings. The van der Waals surface area contributed by atoms with Crippen LogP contribution in [-0.2, 0) is 0 Å². The highest BCUT2D eigenvalue weighted by molar-refractivity contribution is 5.92. The van der Waals surface area contributed by atoms with Gasteiger partial charge in [-0.1, -0.05) is 62.2 Å². The maximum atomic E-state index is 2.42. The minimum absolute atomic E-state index is 0.567. The fourth-order valence-corrected chi connectivity index (χ4v) is 3.65. The summed E-state index contributed by atoms with van der Waals surface area (Å²) in [5.74, 6) is 0.567. The molecule has 0 bridgehead atoms. The molecule has 0 aromatic heterocycles. The summed E-state index contributed by atoms with van der Waals surface area (Å²) in [6.45, 7) is 9.01. The van der Waals surface area contributed by atoms with E-state index in [0.29, 0.717) is 5.92 Å². The number of fused-ring (bicyclic) bond motifs is 1. The van der Waals surface area contributed by atoms with Crippen molar-refractivity contribution in [2.24, 2.45) is 0 Å². The summed E-state index contributed by atoms with van der Waals surface area (Å²) in [7, 11) is 0. The second-order valence-electron chi connectivity index (χ2n) is 6.60. The fourth-order valence-electron chi connectivity index (χ4n) is 3.65. The Balaban J connectivity index is 2.08. The van der Waals surface area contributed by atoms with Crippen LogP contribution in [0.15, 0.2) is 36.4 Å². The van der Waals surface area contributed by atoms with E-state index in [9.17, 15) is 0 Å². The van der Waals surface area contributed by atoms with Gasteiger partial charge in [-0.15, -0.1) is 0 Å². The van der Waals surface area contributed by atoms with Gasteiger partial charge in [-0.05, 0) is 66.1 Å². The summed E-state index contributed by atoms with van der Waals surface area (Å²) < 4.78 is 0. The number of hydrogen-bond donors (Lipinski definition) is 0. The van der Waals surface area contributed by atoms with Gasteiger partial charge in [-0.3, -0.25) is 0 Å². The van der Waals surface area contributed by atoms with Gasteiger partial charge in [-0.25, -0.2) is 0 Å². The van der Waals surface area contributed by atoms with Gasteiger partial charge in [0, 0.05) is 5.92 Å². The van der Waals surface area contributed by atoms with Crippen molar-refractivity contribution < 1.29 is 0 Å². The summed E-state index contributed by atoms with van der Waals surface area (Å²) in [5.41, 5.74) is 10.2. The van der Waals surface area contributed by atoms with E-state index in [4.69, 9.17) is 0 Å². The van der Waals surface area contributed by atoms with E-state index >= 15 is 0 Å². The average Bonchev–Trinajstić information content (AvgIpc) is 2.89. The zero-order valence-corrected chi connectivity index (χ0v) is 14.2. The topological polar surface area (TPSA) is 0 Å². The van der Waals surface area contributed by atoms with Crippen LogP contribution in [0.3, 0.4) is 0 Å². The molecule has 1 atom stereocenters. The lowest BCUT2D eigenvalue weighted by atomic mass is 9.84. The van der Waals surface area contributed by atoms with Crippen LogP contribution >= 0.6 is 0 Å². The molecule has 0 saturated heterocycles. The zero-order valence-electron chi connectivity index (χ0n) is 14.2. The average molecular weight is 290 g/mol. The van der Waals surface area contributed by atoms with Crippen LogP contribution in [0.2, 0.25) is 0 Å². The Morgan fingerprint density at radius 2 is 1.68 bits per heavy atom. The highest BCUT2D eigenvalue weighted by Gasteiger charge is 2.26. The number of aryl methyl sites for hydroxylation is 1. The first kappa shape index (κ1) is 15.1. The van der Waals surface area contributed by atoms with E-state index in [1.807, 2.05) is 0 Å². The molecule has 0 heterocycles. The van der Waals surface area contributed by atoms with Crippen LogP contribution in [0, 0.1) is 20.8 Å². The lowest BCUT2D eigenvalue weighted by Crippen LogP contribution is -2.02. The van der Waals surface area contributed by atoms with E-state index in [2.05, 4.69) is 70.2 Å². The molecule has 0 nitrogen and oxygen atoms in total. The third-order valence-corrected chi connectivity index (χ3v) is 5.27. The van der Waals surface area contributed by atoms with Crippen LogP contribution < -0.4 is 0 Å². The summed E-state index contributed by atoms with van der Waals surface area (Å²) in [5, 5.41) is 0. The molecule has 0 fully saturated rings. The van der Waals surface area contributed by atoms with Crippen molar-refractivity contribution >= 4 is 11.6 Å². The molecule has 0 radical (unpaired) electrons. The zero-order chi connectivity index (χ0) is 15.7. The third kappa shape index (κ3) is 2.52. The van der Waals surface area contributed by atoms with Crippen molar-refractivity contribution in [2.75, 3.05) is 0 Å². The van der Waals surface area contributed by atoms with Gasteiger partial charge in [0.2, 0.25) is 0 Å².